The van der Waals surface area contributed by atoms with Crippen molar-refractivity contribution in [3.8, 4) is 0 Å². The first kappa shape index (κ1) is 18.6. The van der Waals surface area contributed by atoms with Crippen molar-refractivity contribution >= 4 is 23.8 Å². The van der Waals surface area contributed by atoms with E-state index in [2.05, 4.69) is 10.3 Å². The highest BCUT2D eigenvalue weighted by molar-refractivity contribution is 6.03. The summed E-state index contributed by atoms with van der Waals surface area (Å²) in [6.07, 6.45) is 0.618. The molecule has 27 heavy (non-hydrogen) atoms. The van der Waals surface area contributed by atoms with Crippen molar-refractivity contribution in [3.63, 3.8) is 0 Å². The fourth-order valence-corrected chi connectivity index (χ4v) is 2.89. The van der Waals surface area contributed by atoms with Gasteiger partial charge >= 0.3 is 0 Å². The Kier molecular flexibility index (Phi) is 5.83. The van der Waals surface area contributed by atoms with E-state index in [1.807, 2.05) is 12.1 Å². The van der Waals surface area contributed by atoms with E-state index in [0.717, 1.165) is 23.8 Å². The number of ether oxygens (including phenoxy) is 1. The molecule has 0 spiro atoms. The molecule has 0 atom stereocenters. The first-order chi connectivity index (χ1) is 13.1. The van der Waals surface area contributed by atoms with E-state index in [0.29, 0.717) is 25.1 Å². The number of carbonyl (C=O) groups is 3. The molecule has 2 amide bonds. The number of carbonyl (C=O) groups excluding carboxylic acids is 3. The van der Waals surface area contributed by atoms with Gasteiger partial charge in [0.05, 0.1) is 18.8 Å². The highest BCUT2D eigenvalue weighted by atomic mass is 16.5. The molecule has 0 radical (unpaired) electrons. The number of benzene rings is 2. The molecule has 2 aromatic rings. The van der Waals surface area contributed by atoms with Crippen LogP contribution in [-0.2, 0) is 4.74 Å². The van der Waals surface area contributed by atoms with Crippen LogP contribution in [0.4, 0.5) is 5.69 Å². The Morgan fingerprint density at radius 2 is 1.74 bits per heavy atom. The zero-order chi connectivity index (χ0) is 19.2. The molecule has 1 aliphatic rings. The lowest BCUT2D eigenvalue weighted by Crippen LogP contribution is -2.43. The van der Waals surface area contributed by atoms with E-state index in [1.165, 1.54) is 7.05 Å². The lowest BCUT2D eigenvalue weighted by Gasteiger charge is -2.29. The Morgan fingerprint density at radius 1 is 1.07 bits per heavy atom. The van der Waals surface area contributed by atoms with Crippen molar-refractivity contribution in [2.24, 2.45) is 0 Å². The van der Waals surface area contributed by atoms with E-state index < -0.39 is 11.8 Å². The van der Waals surface area contributed by atoms with Crippen LogP contribution < -0.4 is 10.3 Å². The Labute approximate surface area is 157 Å². The van der Waals surface area contributed by atoms with Gasteiger partial charge in [-0.15, -0.1) is 0 Å². The number of rotatable bonds is 4. The fourth-order valence-electron chi connectivity index (χ4n) is 2.89. The van der Waals surface area contributed by atoms with E-state index in [1.54, 1.807) is 36.4 Å². The number of anilines is 1. The fraction of sp³-hybridized carbons (Fsp3) is 0.250. The quantitative estimate of drug-likeness (QED) is 0.658. The highest BCUT2D eigenvalue weighted by Gasteiger charge is 2.18. The van der Waals surface area contributed by atoms with Crippen LogP contribution in [0, 0.1) is 0 Å². The molecule has 1 saturated heterocycles. The maximum atomic E-state index is 12.5. The van der Waals surface area contributed by atoms with Crippen LogP contribution in [0.5, 0.6) is 0 Å². The van der Waals surface area contributed by atoms with Crippen LogP contribution in [0.2, 0.25) is 0 Å². The minimum Gasteiger partial charge on any atom is -0.378 e. The first-order valence-corrected chi connectivity index (χ1v) is 8.66. The molecular formula is C20H21N3O4. The van der Waals surface area contributed by atoms with Crippen molar-refractivity contribution < 1.29 is 19.1 Å². The van der Waals surface area contributed by atoms with Gasteiger partial charge in [-0.3, -0.25) is 24.8 Å². The maximum Gasteiger partial charge on any atom is 0.272 e. The van der Waals surface area contributed by atoms with Crippen molar-refractivity contribution in [1.82, 2.24) is 10.4 Å². The summed E-state index contributed by atoms with van der Waals surface area (Å²) in [7, 11) is 1.45. The molecule has 1 N–H and O–H groups in total. The van der Waals surface area contributed by atoms with Crippen LogP contribution >= 0.6 is 0 Å². The summed E-state index contributed by atoms with van der Waals surface area (Å²) in [5.74, 6) is -0.862. The Balaban J connectivity index is 1.65. The lowest BCUT2D eigenvalue weighted by atomic mass is 10.1. The van der Waals surface area contributed by atoms with Gasteiger partial charge in [-0.1, -0.05) is 18.2 Å². The summed E-state index contributed by atoms with van der Waals surface area (Å²) < 4.78 is 5.34. The highest BCUT2D eigenvalue weighted by Crippen LogP contribution is 2.17. The topological polar surface area (TPSA) is 79.0 Å². The molecule has 0 aromatic heterocycles. The van der Waals surface area contributed by atoms with Crippen LogP contribution in [0.25, 0.3) is 0 Å². The average Bonchev–Trinajstić information content (AvgIpc) is 2.73. The van der Waals surface area contributed by atoms with E-state index in [9.17, 15) is 14.4 Å². The Morgan fingerprint density at radius 3 is 2.41 bits per heavy atom. The van der Waals surface area contributed by atoms with Crippen LogP contribution in [-0.4, -0.2) is 56.5 Å². The van der Waals surface area contributed by atoms with E-state index in [4.69, 9.17) is 4.74 Å². The van der Waals surface area contributed by atoms with E-state index >= 15 is 0 Å². The zero-order valence-corrected chi connectivity index (χ0v) is 15.1. The van der Waals surface area contributed by atoms with Crippen LogP contribution in [0.3, 0.4) is 0 Å². The summed E-state index contributed by atoms with van der Waals surface area (Å²) in [5.41, 5.74) is 4.52. The minimum absolute atomic E-state index is 0.234. The number of hydrogen-bond donors (Lipinski definition) is 1. The molecule has 2 aromatic carbocycles. The molecule has 3 rings (SSSR count). The van der Waals surface area contributed by atoms with Gasteiger partial charge in [0, 0.05) is 37.0 Å². The number of nitrogens with one attached hydrogen (secondary N) is 1. The van der Waals surface area contributed by atoms with Gasteiger partial charge in [-0.25, -0.2) is 0 Å². The van der Waals surface area contributed by atoms with Gasteiger partial charge in [-0.2, -0.15) is 0 Å². The maximum absolute atomic E-state index is 12.5. The molecule has 1 heterocycles. The number of hydrogen-bond acceptors (Lipinski definition) is 5. The second-order valence-corrected chi connectivity index (χ2v) is 6.16. The molecule has 7 heteroatoms. The molecule has 0 aliphatic carbocycles. The van der Waals surface area contributed by atoms with Gasteiger partial charge in [0.15, 0.2) is 6.29 Å². The molecule has 7 nitrogen and oxygen atoms in total. The monoisotopic (exact) mass is 367 g/mol. The van der Waals surface area contributed by atoms with Gasteiger partial charge in [0.1, 0.15) is 0 Å². The molecule has 140 valence electrons. The zero-order valence-electron chi connectivity index (χ0n) is 15.1. The third-order valence-electron chi connectivity index (χ3n) is 4.40. The number of amides is 2. The largest absolute Gasteiger partial charge is 0.378 e. The molecular weight excluding hydrogens is 346 g/mol. The summed E-state index contributed by atoms with van der Waals surface area (Å²) in [6.45, 7) is 3.02. The first-order valence-electron chi connectivity index (χ1n) is 8.66. The number of aldehydes is 1. The Bertz CT molecular complexity index is 829. The van der Waals surface area contributed by atoms with Crippen LogP contribution in [0.1, 0.15) is 31.1 Å². The third kappa shape index (κ3) is 4.32. The van der Waals surface area contributed by atoms with Gasteiger partial charge in [0.25, 0.3) is 11.8 Å². The molecule has 0 bridgehead atoms. The lowest BCUT2D eigenvalue weighted by molar-refractivity contribution is 0.0635. The SMILES string of the molecule is CN(NC(=O)c1ccc(N2CCOCC2)cc1)C(=O)c1ccccc1C=O. The van der Waals surface area contributed by atoms with Gasteiger partial charge in [0.2, 0.25) is 0 Å². The van der Waals surface area contributed by atoms with Crippen LogP contribution in [0.15, 0.2) is 48.5 Å². The number of morpholine rings is 1. The Hall–Kier alpha value is -3.19. The summed E-state index contributed by atoms with van der Waals surface area (Å²) in [5, 5.41) is 1.08. The molecule has 0 saturated carbocycles. The van der Waals surface area contributed by atoms with Crippen molar-refractivity contribution in [2.75, 3.05) is 38.3 Å². The van der Waals surface area contributed by atoms with Crippen molar-refractivity contribution in [3.05, 3.63) is 65.2 Å². The third-order valence-corrected chi connectivity index (χ3v) is 4.40. The smallest absolute Gasteiger partial charge is 0.272 e. The number of nitrogens with zero attached hydrogens (tertiary/aromatic N) is 2. The second-order valence-electron chi connectivity index (χ2n) is 6.16. The minimum atomic E-state index is -0.462. The summed E-state index contributed by atoms with van der Waals surface area (Å²) in [4.78, 5) is 38.2. The predicted octanol–water partition coefficient (Wildman–Crippen LogP) is 1.75. The average molecular weight is 367 g/mol. The summed E-state index contributed by atoms with van der Waals surface area (Å²) >= 11 is 0. The molecule has 1 fully saturated rings. The van der Waals surface area contributed by atoms with Gasteiger partial charge in [-0.05, 0) is 30.3 Å². The number of hydrazine groups is 1. The van der Waals surface area contributed by atoms with Crippen molar-refractivity contribution in [1.29, 1.82) is 0 Å². The molecule has 1 aliphatic heterocycles. The normalized spacial score (nSPS) is 13.7. The summed E-state index contributed by atoms with van der Waals surface area (Å²) in [6, 6.07) is 13.6. The van der Waals surface area contributed by atoms with Gasteiger partial charge < -0.3 is 9.64 Å². The van der Waals surface area contributed by atoms with E-state index in [-0.39, 0.29) is 11.1 Å². The predicted molar refractivity (Wildman–Crippen MR) is 101 cm³/mol. The van der Waals surface area contributed by atoms with Crippen molar-refractivity contribution in [2.45, 2.75) is 0 Å². The second kappa shape index (κ2) is 8.46. The standard InChI is InChI=1S/C20H21N3O4/c1-22(20(26)18-5-3-2-4-16(18)14-24)21-19(25)15-6-8-17(9-7-15)23-10-12-27-13-11-23/h2-9,14H,10-13H2,1H3,(H,21,25). The molecule has 0 unspecified atom stereocenters.